The molecule has 1 atom stereocenters. The maximum absolute atomic E-state index is 5.97. The summed E-state index contributed by atoms with van der Waals surface area (Å²) < 4.78 is 22.2. The molecule has 124 valence electrons. The van der Waals surface area contributed by atoms with Crippen molar-refractivity contribution in [2.75, 3.05) is 27.8 Å². The Bertz CT molecular complexity index is 681. The van der Waals surface area contributed by atoms with Crippen LogP contribution < -0.4 is 9.47 Å². The van der Waals surface area contributed by atoms with Gasteiger partial charge in [0.1, 0.15) is 11.5 Å². The zero-order valence-electron chi connectivity index (χ0n) is 14.1. The van der Waals surface area contributed by atoms with Crippen LogP contribution >= 0.6 is 0 Å². The van der Waals surface area contributed by atoms with E-state index in [1.54, 1.807) is 14.2 Å². The lowest BCUT2D eigenvalue weighted by atomic mass is 9.82. The van der Waals surface area contributed by atoms with Crippen LogP contribution in [-0.2, 0) is 22.3 Å². The number of methoxy groups -OCH3 is 2. The van der Waals surface area contributed by atoms with Crippen molar-refractivity contribution < 1.29 is 18.9 Å². The molecule has 3 rings (SSSR count). The summed E-state index contributed by atoms with van der Waals surface area (Å²) in [5.41, 5.74) is 2.51. The zero-order chi connectivity index (χ0) is 16.2. The highest BCUT2D eigenvalue weighted by atomic mass is 16.7. The molecule has 1 aliphatic rings. The fourth-order valence-electron chi connectivity index (χ4n) is 3.37. The number of hydrogen-bond acceptors (Lipinski definition) is 4. The molecule has 1 aliphatic carbocycles. The average Bonchev–Trinajstić information content (AvgIpc) is 2.58. The Morgan fingerprint density at radius 1 is 0.913 bits per heavy atom. The van der Waals surface area contributed by atoms with Crippen LogP contribution in [0.3, 0.4) is 0 Å². The minimum atomic E-state index is 0.253. The van der Waals surface area contributed by atoms with Gasteiger partial charge in [0, 0.05) is 36.1 Å². The van der Waals surface area contributed by atoms with Crippen LogP contribution in [0.15, 0.2) is 24.3 Å². The molecule has 23 heavy (non-hydrogen) atoms. The first-order valence-corrected chi connectivity index (χ1v) is 8.06. The second-order valence-corrected chi connectivity index (χ2v) is 6.11. The van der Waals surface area contributed by atoms with Crippen molar-refractivity contribution in [1.29, 1.82) is 0 Å². The third kappa shape index (κ3) is 3.14. The van der Waals surface area contributed by atoms with E-state index in [0.29, 0.717) is 5.92 Å². The smallest absolute Gasteiger partial charge is 0.188 e. The van der Waals surface area contributed by atoms with Gasteiger partial charge in [0.05, 0.1) is 0 Å². The molecule has 0 aliphatic heterocycles. The lowest BCUT2D eigenvalue weighted by Crippen LogP contribution is -2.16. The maximum atomic E-state index is 5.97. The van der Waals surface area contributed by atoms with Gasteiger partial charge in [-0.3, -0.25) is 0 Å². The summed E-state index contributed by atoms with van der Waals surface area (Å²) in [6, 6.07) is 8.22. The van der Waals surface area contributed by atoms with Crippen molar-refractivity contribution in [3.63, 3.8) is 0 Å². The van der Waals surface area contributed by atoms with E-state index in [0.717, 1.165) is 35.1 Å². The van der Waals surface area contributed by atoms with E-state index < -0.39 is 0 Å². The molecule has 0 radical (unpaired) electrons. The van der Waals surface area contributed by atoms with Crippen LogP contribution in [0.5, 0.6) is 11.5 Å². The first-order chi connectivity index (χ1) is 11.3. The van der Waals surface area contributed by atoms with Gasteiger partial charge in [0.2, 0.25) is 0 Å². The largest absolute Gasteiger partial charge is 0.467 e. The van der Waals surface area contributed by atoms with Gasteiger partial charge in [-0.2, -0.15) is 0 Å². The molecule has 0 amide bonds. The van der Waals surface area contributed by atoms with Crippen LogP contribution in [0.25, 0.3) is 10.8 Å². The summed E-state index contributed by atoms with van der Waals surface area (Å²) in [5.74, 6) is 2.52. The molecule has 4 nitrogen and oxygen atoms in total. The third-order valence-electron chi connectivity index (χ3n) is 4.41. The van der Waals surface area contributed by atoms with E-state index in [4.69, 9.17) is 18.9 Å². The SMILES string of the molecule is COCOc1c2c(c(OCOC)c3ccccc13)CC(C)CC2. The predicted molar refractivity (Wildman–Crippen MR) is 90.1 cm³/mol. The molecule has 0 saturated heterocycles. The maximum Gasteiger partial charge on any atom is 0.188 e. The molecule has 1 unspecified atom stereocenters. The quantitative estimate of drug-likeness (QED) is 0.757. The normalized spacial score (nSPS) is 17.1. The number of benzene rings is 2. The third-order valence-corrected chi connectivity index (χ3v) is 4.41. The Hall–Kier alpha value is -1.78. The molecule has 0 N–H and O–H groups in total. The summed E-state index contributed by atoms with van der Waals surface area (Å²) in [4.78, 5) is 0. The Morgan fingerprint density at radius 3 is 2.04 bits per heavy atom. The zero-order valence-corrected chi connectivity index (χ0v) is 14.1. The Morgan fingerprint density at radius 2 is 1.48 bits per heavy atom. The van der Waals surface area contributed by atoms with Gasteiger partial charge in [-0.25, -0.2) is 0 Å². The number of hydrogen-bond donors (Lipinski definition) is 0. The van der Waals surface area contributed by atoms with Gasteiger partial charge in [-0.1, -0.05) is 31.2 Å². The molecule has 0 spiro atoms. The summed E-state index contributed by atoms with van der Waals surface area (Å²) in [5, 5.41) is 2.15. The Labute approximate surface area is 137 Å². The van der Waals surface area contributed by atoms with Crippen LogP contribution in [0.1, 0.15) is 24.5 Å². The van der Waals surface area contributed by atoms with Crippen molar-refractivity contribution in [3.05, 3.63) is 35.4 Å². The molecule has 0 fully saturated rings. The van der Waals surface area contributed by atoms with Gasteiger partial charge in [0.25, 0.3) is 0 Å². The molecule has 0 saturated carbocycles. The second-order valence-electron chi connectivity index (χ2n) is 6.11. The van der Waals surface area contributed by atoms with Gasteiger partial charge in [-0.15, -0.1) is 0 Å². The Balaban J connectivity index is 2.21. The number of ether oxygens (including phenoxy) is 4. The van der Waals surface area contributed by atoms with Crippen LogP contribution in [0, 0.1) is 5.92 Å². The minimum absolute atomic E-state index is 0.253. The van der Waals surface area contributed by atoms with E-state index in [2.05, 4.69) is 19.1 Å². The molecular weight excluding hydrogens is 292 g/mol. The lowest BCUT2D eigenvalue weighted by molar-refractivity contribution is 0.0484. The standard InChI is InChI=1S/C19H24O4/c1-13-8-9-16-17(10-13)19(23-12-21-3)15-7-5-4-6-14(15)18(16)22-11-20-2/h4-7,13H,8-12H2,1-3H3. The molecular formula is C19H24O4. The highest BCUT2D eigenvalue weighted by Crippen LogP contribution is 2.45. The summed E-state index contributed by atoms with van der Waals surface area (Å²) in [7, 11) is 3.29. The number of fused-ring (bicyclic) bond motifs is 2. The van der Waals surface area contributed by atoms with Crippen molar-refractivity contribution in [2.24, 2.45) is 5.92 Å². The molecule has 0 aromatic heterocycles. The van der Waals surface area contributed by atoms with E-state index in [9.17, 15) is 0 Å². The van der Waals surface area contributed by atoms with E-state index in [-0.39, 0.29) is 13.6 Å². The van der Waals surface area contributed by atoms with Crippen LogP contribution in [0.2, 0.25) is 0 Å². The topological polar surface area (TPSA) is 36.9 Å². The van der Waals surface area contributed by atoms with Crippen molar-refractivity contribution >= 4 is 10.8 Å². The predicted octanol–water partition coefficient (Wildman–Crippen LogP) is 3.93. The van der Waals surface area contributed by atoms with E-state index in [1.807, 2.05) is 12.1 Å². The van der Waals surface area contributed by atoms with E-state index in [1.165, 1.54) is 17.5 Å². The molecule has 2 aromatic carbocycles. The van der Waals surface area contributed by atoms with Crippen LogP contribution in [0.4, 0.5) is 0 Å². The fraction of sp³-hybridized carbons (Fsp3) is 0.474. The first kappa shape index (κ1) is 16.1. The van der Waals surface area contributed by atoms with Crippen molar-refractivity contribution in [1.82, 2.24) is 0 Å². The minimum Gasteiger partial charge on any atom is -0.467 e. The summed E-state index contributed by atoms with van der Waals surface area (Å²) in [6.07, 6.45) is 3.17. The fourth-order valence-corrected chi connectivity index (χ4v) is 3.37. The molecule has 2 aromatic rings. The first-order valence-electron chi connectivity index (χ1n) is 8.06. The number of rotatable bonds is 6. The van der Waals surface area contributed by atoms with Crippen LogP contribution in [-0.4, -0.2) is 27.8 Å². The molecule has 0 heterocycles. The molecule has 0 bridgehead atoms. The van der Waals surface area contributed by atoms with Gasteiger partial charge >= 0.3 is 0 Å². The highest BCUT2D eigenvalue weighted by molar-refractivity contribution is 5.96. The summed E-state index contributed by atoms with van der Waals surface area (Å²) in [6.45, 7) is 2.79. The second kappa shape index (κ2) is 7.20. The van der Waals surface area contributed by atoms with E-state index >= 15 is 0 Å². The highest BCUT2D eigenvalue weighted by Gasteiger charge is 2.26. The average molecular weight is 316 g/mol. The van der Waals surface area contributed by atoms with Gasteiger partial charge < -0.3 is 18.9 Å². The Kier molecular flexibility index (Phi) is 5.03. The van der Waals surface area contributed by atoms with Crippen molar-refractivity contribution in [2.45, 2.75) is 26.2 Å². The lowest BCUT2D eigenvalue weighted by Gasteiger charge is -2.28. The monoisotopic (exact) mass is 316 g/mol. The van der Waals surface area contributed by atoms with Gasteiger partial charge in [-0.05, 0) is 25.2 Å². The van der Waals surface area contributed by atoms with Crippen molar-refractivity contribution in [3.8, 4) is 11.5 Å². The van der Waals surface area contributed by atoms with Gasteiger partial charge in [0.15, 0.2) is 13.6 Å². The summed E-state index contributed by atoms with van der Waals surface area (Å²) >= 11 is 0. The molecule has 4 heteroatoms.